The number of rotatable bonds is 0. The Hall–Kier alpha value is -1.10. The molecule has 74 valence electrons. The van der Waals surface area contributed by atoms with Crippen LogP contribution in [0.15, 0.2) is 10.3 Å². The number of hydrogen-bond acceptors (Lipinski definition) is 5. The van der Waals surface area contributed by atoms with Crippen molar-refractivity contribution in [1.29, 1.82) is 0 Å². The van der Waals surface area contributed by atoms with Crippen LogP contribution in [0, 0.1) is 0 Å². The summed E-state index contributed by atoms with van der Waals surface area (Å²) in [6.07, 6.45) is 0. The van der Waals surface area contributed by atoms with Gasteiger partial charge in [0.1, 0.15) is 22.6 Å². The van der Waals surface area contributed by atoms with E-state index in [2.05, 4.69) is 10.3 Å². The summed E-state index contributed by atoms with van der Waals surface area (Å²) in [7, 11) is 0. The first-order chi connectivity index (χ1) is 5.85. The number of nitrogens with zero attached hydrogens (tertiary/aromatic N) is 2. The topological polar surface area (TPSA) is 80.2 Å². The number of hydrazone groups is 1. The van der Waals surface area contributed by atoms with Gasteiger partial charge in [-0.1, -0.05) is 5.16 Å². The molecule has 0 aliphatic carbocycles. The van der Waals surface area contributed by atoms with Gasteiger partial charge in [0.25, 0.3) is 0 Å². The van der Waals surface area contributed by atoms with Gasteiger partial charge in [-0.25, -0.2) is 0 Å². The maximum Gasteiger partial charge on any atom is 0.137 e. The van der Waals surface area contributed by atoms with Crippen molar-refractivity contribution in [2.75, 3.05) is 0 Å². The van der Waals surface area contributed by atoms with Crippen LogP contribution in [0.4, 0.5) is 0 Å². The van der Waals surface area contributed by atoms with Gasteiger partial charge < -0.3 is 15.8 Å². The van der Waals surface area contributed by atoms with E-state index in [1.165, 1.54) is 0 Å². The smallest absolute Gasteiger partial charge is 0.137 e. The molecule has 0 atom stereocenters. The molecule has 1 saturated heterocycles. The van der Waals surface area contributed by atoms with E-state index in [-0.39, 0.29) is 0 Å². The zero-order valence-corrected chi connectivity index (χ0v) is 8.33. The predicted molar refractivity (Wildman–Crippen MR) is 50.1 cm³/mol. The van der Waals surface area contributed by atoms with Gasteiger partial charge in [0.05, 0.1) is 0 Å². The summed E-state index contributed by atoms with van der Waals surface area (Å²) in [6, 6.07) is 0. The molecule has 5 heteroatoms. The maximum atomic E-state index is 8.81. The first kappa shape index (κ1) is 9.98. The fraction of sp³-hybridized carbons (Fsp3) is 0.750. The first-order valence-electron chi connectivity index (χ1n) is 4.06. The molecule has 3 N–H and O–H groups in total. The van der Waals surface area contributed by atoms with Crippen LogP contribution in [-0.2, 0) is 4.74 Å². The lowest BCUT2D eigenvalue weighted by Crippen LogP contribution is -2.32. The quantitative estimate of drug-likeness (QED) is 0.331. The Morgan fingerprint density at radius 2 is 1.62 bits per heavy atom. The van der Waals surface area contributed by atoms with Crippen LogP contribution in [0.5, 0.6) is 0 Å². The standard InChI is InChI=1S/C8H15N3O2/c1-7(2)5(10-9)6(11-12)8(3,4)13-7/h12H,9H2,1-4H3/b10-5+,11-6+. The van der Waals surface area contributed by atoms with E-state index in [1.807, 2.05) is 27.7 Å². The van der Waals surface area contributed by atoms with Crippen LogP contribution in [0.2, 0.25) is 0 Å². The fourth-order valence-electron chi connectivity index (χ4n) is 1.69. The van der Waals surface area contributed by atoms with Gasteiger partial charge >= 0.3 is 0 Å². The molecule has 0 bridgehead atoms. The van der Waals surface area contributed by atoms with E-state index in [9.17, 15) is 0 Å². The molecule has 0 aromatic carbocycles. The van der Waals surface area contributed by atoms with Crippen molar-refractivity contribution in [2.45, 2.75) is 38.9 Å². The van der Waals surface area contributed by atoms with Gasteiger partial charge in [0.15, 0.2) is 0 Å². The molecule has 1 aliphatic heterocycles. The lowest BCUT2D eigenvalue weighted by atomic mass is 9.96. The van der Waals surface area contributed by atoms with Gasteiger partial charge in [0.2, 0.25) is 0 Å². The molecule has 0 radical (unpaired) electrons. The Balaban J connectivity index is 3.23. The fourth-order valence-corrected chi connectivity index (χ4v) is 1.69. The Labute approximate surface area is 77.3 Å². The average Bonchev–Trinajstić information content (AvgIpc) is 2.13. The molecule has 0 spiro atoms. The summed E-state index contributed by atoms with van der Waals surface area (Å²) in [4.78, 5) is 0. The molecule has 0 aromatic heterocycles. The SMILES string of the molecule is CC1(C)OC(C)(C)C(=N/O)/C1=N\N. The molecule has 0 saturated carbocycles. The van der Waals surface area contributed by atoms with Crippen LogP contribution in [0.3, 0.4) is 0 Å². The van der Waals surface area contributed by atoms with Gasteiger partial charge in [-0.2, -0.15) is 5.10 Å². The number of ether oxygens (including phenoxy) is 1. The molecule has 0 amide bonds. The van der Waals surface area contributed by atoms with E-state index in [0.717, 1.165) is 0 Å². The van der Waals surface area contributed by atoms with Crippen LogP contribution < -0.4 is 5.84 Å². The number of hydrogen-bond donors (Lipinski definition) is 2. The molecular formula is C8H15N3O2. The highest BCUT2D eigenvalue weighted by atomic mass is 16.5. The second-order valence-electron chi connectivity index (χ2n) is 4.05. The summed E-state index contributed by atoms with van der Waals surface area (Å²) in [6.45, 7) is 7.28. The van der Waals surface area contributed by atoms with Crippen molar-refractivity contribution in [3.8, 4) is 0 Å². The Kier molecular flexibility index (Phi) is 2.07. The molecule has 0 unspecified atom stereocenters. The van der Waals surface area contributed by atoms with E-state index in [4.69, 9.17) is 15.8 Å². The van der Waals surface area contributed by atoms with Crippen molar-refractivity contribution in [3.05, 3.63) is 0 Å². The number of nitrogens with two attached hydrogens (primary N) is 1. The molecule has 13 heavy (non-hydrogen) atoms. The molecule has 0 aromatic rings. The minimum Gasteiger partial charge on any atom is -0.410 e. The molecule has 5 nitrogen and oxygen atoms in total. The molecule has 1 heterocycles. The molecular weight excluding hydrogens is 170 g/mol. The summed E-state index contributed by atoms with van der Waals surface area (Å²) in [5.41, 5.74) is -0.365. The monoisotopic (exact) mass is 185 g/mol. The zero-order chi connectivity index (χ0) is 10.3. The summed E-state index contributed by atoms with van der Waals surface area (Å²) in [5.74, 6) is 5.21. The number of oxime groups is 1. The summed E-state index contributed by atoms with van der Waals surface area (Å²) >= 11 is 0. The van der Waals surface area contributed by atoms with Crippen molar-refractivity contribution < 1.29 is 9.94 Å². The Bertz CT molecular complexity index is 251. The lowest BCUT2D eigenvalue weighted by Gasteiger charge is -2.21. The maximum absolute atomic E-state index is 8.81. The van der Waals surface area contributed by atoms with Gasteiger partial charge in [0, 0.05) is 0 Å². The summed E-state index contributed by atoms with van der Waals surface area (Å²) < 4.78 is 5.64. The van der Waals surface area contributed by atoms with Crippen LogP contribution >= 0.6 is 0 Å². The molecule has 1 fully saturated rings. The van der Waals surface area contributed by atoms with E-state index in [1.54, 1.807) is 0 Å². The largest absolute Gasteiger partial charge is 0.410 e. The minimum absolute atomic E-state index is 0.389. The molecule has 1 rings (SSSR count). The second kappa shape index (κ2) is 2.70. The second-order valence-corrected chi connectivity index (χ2v) is 4.05. The van der Waals surface area contributed by atoms with Crippen molar-refractivity contribution in [3.63, 3.8) is 0 Å². The van der Waals surface area contributed by atoms with E-state index < -0.39 is 11.2 Å². The van der Waals surface area contributed by atoms with Gasteiger partial charge in [-0.05, 0) is 27.7 Å². The van der Waals surface area contributed by atoms with Crippen LogP contribution in [-0.4, -0.2) is 27.8 Å². The predicted octanol–water partition coefficient (Wildman–Crippen LogP) is 0.719. The van der Waals surface area contributed by atoms with Crippen LogP contribution in [0.1, 0.15) is 27.7 Å². The van der Waals surface area contributed by atoms with E-state index in [0.29, 0.717) is 11.4 Å². The van der Waals surface area contributed by atoms with Crippen molar-refractivity contribution in [1.82, 2.24) is 0 Å². The highest BCUT2D eigenvalue weighted by Crippen LogP contribution is 2.32. The minimum atomic E-state index is -0.642. The third kappa shape index (κ3) is 1.39. The molecule has 1 aliphatic rings. The third-order valence-corrected chi connectivity index (χ3v) is 2.10. The van der Waals surface area contributed by atoms with Crippen molar-refractivity contribution in [2.24, 2.45) is 16.1 Å². The Morgan fingerprint density at radius 1 is 1.15 bits per heavy atom. The zero-order valence-electron chi connectivity index (χ0n) is 8.33. The van der Waals surface area contributed by atoms with Gasteiger partial charge in [-0.3, -0.25) is 0 Å². The summed E-state index contributed by atoms with van der Waals surface area (Å²) in [5, 5.41) is 15.6. The average molecular weight is 185 g/mol. The normalized spacial score (nSPS) is 31.4. The van der Waals surface area contributed by atoms with E-state index >= 15 is 0 Å². The van der Waals surface area contributed by atoms with Gasteiger partial charge in [-0.15, -0.1) is 0 Å². The highest BCUT2D eigenvalue weighted by Gasteiger charge is 2.49. The first-order valence-corrected chi connectivity index (χ1v) is 4.06. The third-order valence-electron chi connectivity index (χ3n) is 2.10. The van der Waals surface area contributed by atoms with Crippen molar-refractivity contribution >= 4 is 11.4 Å². The lowest BCUT2D eigenvalue weighted by molar-refractivity contribution is -0.0277. The van der Waals surface area contributed by atoms with Crippen LogP contribution in [0.25, 0.3) is 0 Å². The highest BCUT2D eigenvalue weighted by molar-refractivity contribution is 6.49. The Morgan fingerprint density at radius 3 is 1.92 bits per heavy atom.